The van der Waals surface area contributed by atoms with Crippen LogP contribution in [0.2, 0.25) is 0 Å². The van der Waals surface area contributed by atoms with Gasteiger partial charge in [0.05, 0.1) is 7.11 Å². The van der Waals surface area contributed by atoms with Gasteiger partial charge in [0.25, 0.3) is 0 Å². The van der Waals surface area contributed by atoms with Gasteiger partial charge < -0.3 is 20.5 Å². The third-order valence-electron chi connectivity index (χ3n) is 2.11. The van der Waals surface area contributed by atoms with Crippen molar-refractivity contribution in [3.63, 3.8) is 0 Å². The van der Waals surface area contributed by atoms with Crippen LogP contribution in [0.25, 0.3) is 0 Å². The van der Waals surface area contributed by atoms with Gasteiger partial charge in [0.2, 0.25) is 0 Å². The van der Waals surface area contributed by atoms with Crippen LogP contribution in [0.5, 0.6) is 5.75 Å². The summed E-state index contributed by atoms with van der Waals surface area (Å²) in [6.45, 7) is 0.578. The highest BCUT2D eigenvalue weighted by molar-refractivity contribution is 5.92. The van der Waals surface area contributed by atoms with Crippen molar-refractivity contribution in [2.45, 2.75) is 6.54 Å². The maximum atomic E-state index is 11.0. The first-order valence-corrected chi connectivity index (χ1v) is 4.80. The summed E-state index contributed by atoms with van der Waals surface area (Å²) in [6.07, 6.45) is 0. The number of hydrogen-bond acceptors (Lipinski definition) is 4. The molecule has 0 saturated heterocycles. The number of hydrogen-bond donors (Lipinski definition) is 2. The zero-order chi connectivity index (χ0) is 12.3. The molecule has 0 unspecified atom stereocenters. The number of methoxy groups -OCH3 is 1. The molecule has 16 heavy (non-hydrogen) atoms. The maximum absolute atomic E-state index is 11.0. The molecule has 0 bridgehead atoms. The van der Waals surface area contributed by atoms with Gasteiger partial charge in [-0.3, -0.25) is 0 Å². The first-order chi connectivity index (χ1) is 7.45. The molecule has 1 aromatic rings. The topological polar surface area (TPSA) is 75.8 Å². The van der Waals surface area contributed by atoms with Crippen LogP contribution in [-0.2, 0) is 6.54 Å². The van der Waals surface area contributed by atoms with Crippen LogP contribution >= 0.6 is 0 Å². The number of aromatic carboxylic acids is 1. The average Bonchev–Trinajstić information content (AvgIpc) is 2.15. The number of ether oxygens (including phenoxy) is 1. The minimum Gasteiger partial charge on any atom is -0.496 e. The van der Waals surface area contributed by atoms with Crippen molar-refractivity contribution < 1.29 is 14.6 Å². The van der Waals surface area contributed by atoms with Gasteiger partial charge in [-0.2, -0.15) is 0 Å². The zero-order valence-corrected chi connectivity index (χ0v) is 9.65. The van der Waals surface area contributed by atoms with Gasteiger partial charge in [-0.1, -0.05) is 0 Å². The van der Waals surface area contributed by atoms with Gasteiger partial charge in [0.15, 0.2) is 0 Å². The lowest BCUT2D eigenvalue weighted by atomic mass is 10.1. The number of nitrogens with two attached hydrogens (primary N) is 1. The fourth-order valence-electron chi connectivity index (χ4n) is 1.57. The average molecular weight is 224 g/mol. The molecular weight excluding hydrogens is 208 g/mol. The lowest BCUT2D eigenvalue weighted by molar-refractivity contribution is 0.0693. The van der Waals surface area contributed by atoms with Crippen molar-refractivity contribution in [3.8, 4) is 5.75 Å². The first kappa shape index (κ1) is 12.3. The van der Waals surface area contributed by atoms with Gasteiger partial charge in [0.1, 0.15) is 11.3 Å². The highest BCUT2D eigenvalue weighted by Crippen LogP contribution is 2.27. The fraction of sp³-hybridized carbons (Fsp3) is 0.364. The molecule has 0 aliphatic heterocycles. The second-order valence-electron chi connectivity index (χ2n) is 3.80. The van der Waals surface area contributed by atoms with Gasteiger partial charge in [-0.25, -0.2) is 4.79 Å². The molecular formula is C11H16N2O3. The molecule has 0 radical (unpaired) electrons. The summed E-state index contributed by atoms with van der Waals surface area (Å²) in [5.41, 5.74) is 6.95. The van der Waals surface area contributed by atoms with Gasteiger partial charge >= 0.3 is 5.97 Å². The van der Waals surface area contributed by atoms with Crippen LogP contribution in [0.3, 0.4) is 0 Å². The van der Waals surface area contributed by atoms with Crippen molar-refractivity contribution in [3.05, 3.63) is 23.3 Å². The van der Waals surface area contributed by atoms with E-state index in [-0.39, 0.29) is 5.56 Å². The molecule has 0 amide bonds. The Hall–Kier alpha value is -1.75. The Labute approximate surface area is 94.4 Å². The van der Waals surface area contributed by atoms with E-state index < -0.39 is 5.97 Å². The second-order valence-corrected chi connectivity index (χ2v) is 3.80. The minimum absolute atomic E-state index is 0.0966. The molecule has 1 aromatic carbocycles. The minimum atomic E-state index is -1.04. The van der Waals surface area contributed by atoms with Crippen LogP contribution in [-0.4, -0.2) is 37.2 Å². The van der Waals surface area contributed by atoms with Gasteiger partial charge in [-0.15, -0.1) is 0 Å². The van der Waals surface area contributed by atoms with E-state index in [4.69, 9.17) is 15.6 Å². The first-order valence-electron chi connectivity index (χ1n) is 4.80. The van der Waals surface area contributed by atoms with Crippen molar-refractivity contribution in [2.75, 3.05) is 26.9 Å². The van der Waals surface area contributed by atoms with E-state index in [9.17, 15) is 4.79 Å². The Morgan fingerprint density at radius 2 is 2.12 bits per heavy atom. The Kier molecular flexibility index (Phi) is 3.73. The maximum Gasteiger partial charge on any atom is 0.339 e. The summed E-state index contributed by atoms with van der Waals surface area (Å²) in [5, 5.41) is 9.03. The highest BCUT2D eigenvalue weighted by atomic mass is 16.5. The number of benzene rings is 1. The number of carbonyl (C=O) groups is 1. The Bertz CT molecular complexity index is 402. The quantitative estimate of drug-likeness (QED) is 0.747. The number of carboxylic acid groups (broad SMARTS) is 1. The van der Waals surface area contributed by atoms with Gasteiger partial charge in [0, 0.05) is 17.8 Å². The van der Waals surface area contributed by atoms with E-state index in [2.05, 4.69) is 0 Å². The molecule has 0 saturated carbocycles. The second kappa shape index (κ2) is 4.85. The van der Waals surface area contributed by atoms with Crippen LogP contribution in [0, 0.1) is 0 Å². The lowest BCUT2D eigenvalue weighted by Gasteiger charge is -2.16. The predicted octanol–water partition coefficient (Wildman–Crippen LogP) is 1.04. The fourth-order valence-corrected chi connectivity index (χ4v) is 1.57. The number of nitrogens with zero attached hydrogens (tertiary/aromatic N) is 1. The van der Waals surface area contributed by atoms with Crippen LogP contribution in [0.4, 0.5) is 5.69 Å². The number of rotatable bonds is 4. The number of anilines is 1. The number of carboxylic acids is 1. The Morgan fingerprint density at radius 3 is 2.56 bits per heavy atom. The molecule has 0 aromatic heterocycles. The van der Waals surface area contributed by atoms with Gasteiger partial charge in [-0.05, 0) is 26.2 Å². The Morgan fingerprint density at radius 1 is 1.50 bits per heavy atom. The standard InChI is InChI=1S/C11H16N2O3/c1-13(2)6-7-4-8(12)5-9(11(14)15)10(7)16-3/h4-5H,6,12H2,1-3H3,(H,14,15). The summed E-state index contributed by atoms with van der Waals surface area (Å²) in [5.74, 6) is -0.667. The monoisotopic (exact) mass is 224 g/mol. The molecule has 5 nitrogen and oxygen atoms in total. The van der Waals surface area contributed by atoms with E-state index >= 15 is 0 Å². The molecule has 0 heterocycles. The number of nitrogen functional groups attached to an aromatic ring is 1. The third kappa shape index (κ3) is 2.64. The summed E-state index contributed by atoms with van der Waals surface area (Å²) in [6, 6.07) is 3.13. The van der Waals surface area contributed by atoms with Crippen molar-refractivity contribution >= 4 is 11.7 Å². The molecule has 5 heteroatoms. The third-order valence-corrected chi connectivity index (χ3v) is 2.11. The molecule has 1 rings (SSSR count). The zero-order valence-electron chi connectivity index (χ0n) is 9.65. The molecule has 0 spiro atoms. The van der Waals surface area contributed by atoms with Crippen molar-refractivity contribution in [2.24, 2.45) is 0 Å². The smallest absolute Gasteiger partial charge is 0.339 e. The normalized spacial score (nSPS) is 10.5. The van der Waals surface area contributed by atoms with Crippen molar-refractivity contribution in [1.82, 2.24) is 4.90 Å². The molecule has 3 N–H and O–H groups in total. The molecule has 88 valence electrons. The summed E-state index contributed by atoms with van der Waals surface area (Å²) in [4.78, 5) is 12.9. The van der Waals surface area contributed by atoms with E-state index in [0.29, 0.717) is 18.0 Å². The summed E-state index contributed by atoms with van der Waals surface area (Å²) < 4.78 is 5.13. The van der Waals surface area contributed by atoms with E-state index in [0.717, 1.165) is 5.56 Å². The predicted molar refractivity (Wildman–Crippen MR) is 61.8 cm³/mol. The molecule has 0 atom stereocenters. The molecule has 0 aliphatic carbocycles. The van der Waals surface area contributed by atoms with Crippen LogP contribution in [0.15, 0.2) is 12.1 Å². The van der Waals surface area contributed by atoms with Crippen LogP contribution < -0.4 is 10.5 Å². The SMILES string of the molecule is COc1c(CN(C)C)cc(N)cc1C(=O)O. The van der Waals surface area contributed by atoms with E-state index in [1.54, 1.807) is 6.07 Å². The van der Waals surface area contributed by atoms with E-state index in [1.807, 2.05) is 19.0 Å². The molecule has 0 aliphatic rings. The lowest BCUT2D eigenvalue weighted by Crippen LogP contribution is -2.13. The van der Waals surface area contributed by atoms with Crippen molar-refractivity contribution in [1.29, 1.82) is 0 Å². The summed E-state index contributed by atoms with van der Waals surface area (Å²) in [7, 11) is 5.24. The van der Waals surface area contributed by atoms with E-state index in [1.165, 1.54) is 13.2 Å². The van der Waals surface area contributed by atoms with Crippen LogP contribution in [0.1, 0.15) is 15.9 Å². The molecule has 0 fully saturated rings. The highest BCUT2D eigenvalue weighted by Gasteiger charge is 2.16. The largest absolute Gasteiger partial charge is 0.496 e. The summed E-state index contributed by atoms with van der Waals surface area (Å²) >= 11 is 0. The Balaban J connectivity index is 3.30.